The lowest BCUT2D eigenvalue weighted by molar-refractivity contribution is -0.121. The second kappa shape index (κ2) is 7.54. The molecule has 1 aliphatic rings. The summed E-state index contributed by atoms with van der Waals surface area (Å²) in [6.45, 7) is 1.73. The number of halogens is 2. The Kier molecular flexibility index (Phi) is 5.07. The molecule has 1 saturated heterocycles. The zero-order chi connectivity index (χ0) is 20.6. The van der Waals surface area contributed by atoms with Crippen molar-refractivity contribution in [2.24, 2.45) is 0 Å². The maximum Gasteiger partial charge on any atom is 0.329 e. The fourth-order valence-electron chi connectivity index (χ4n) is 3.61. The van der Waals surface area contributed by atoms with Crippen molar-refractivity contribution in [2.75, 3.05) is 4.90 Å². The summed E-state index contributed by atoms with van der Waals surface area (Å²) in [7, 11) is 0. The monoisotopic (exact) mass is 424 g/mol. The first kappa shape index (κ1) is 19.5. The van der Waals surface area contributed by atoms with Gasteiger partial charge >= 0.3 is 6.03 Å². The van der Waals surface area contributed by atoms with Crippen molar-refractivity contribution >= 4 is 40.8 Å². The molecular formula is C23H18Cl2N2O2. The van der Waals surface area contributed by atoms with Gasteiger partial charge in [0.2, 0.25) is 0 Å². The Morgan fingerprint density at radius 3 is 2.21 bits per heavy atom. The SMILES string of the molecule is C[C@]1(Cc2cccc(-c3ccccc3)c2)NC(=O)N(c2cc(Cl)cc(Cl)c2)C1=O. The predicted molar refractivity (Wildman–Crippen MR) is 116 cm³/mol. The number of rotatable bonds is 4. The molecule has 0 unspecified atom stereocenters. The zero-order valence-electron chi connectivity index (χ0n) is 15.7. The van der Waals surface area contributed by atoms with Crippen molar-refractivity contribution in [3.05, 3.63) is 88.4 Å². The van der Waals surface area contributed by atoms with Crippen LogP contribution in [-0.4, -0.2) is 17.5 Å². The van der Waals surface area contributed by atoms with E-state index < -0.39 is 11.6 Å². The Morgan fingerprint density at radius 2 is 1.52 bits per heavy atom. The molecule has 146 valence electrons. The Bertz CT molecular complexity index is 1080. The van der Waals surface area contributed by atoms with Gasteiger partial charge in [-0.15, -0.1) is 0 Å². The minimum Gasteiger partial charge on any atom is -0.323 e. The van der Waals surface area contributed by atoms with Crippen LogP contribution in [-0.2, 0) is 11.2 Å². The zero-order valence-corrected chi connectivity index (χ0v) is 17.2. The van der Waals surface area contributed by atoms with Crippen LogP contribution in [0, 0.1) is 0 Å². The third kappa shape index (κ3) is 3.86. The number of urea groups is 1. The number of anilines is 1. The summed E-state index contributed by atoms with van der Waals surface area (Å²) >= 11 is 12.1. The molecule has 1 fully saturated rings. The lowest BCUT2D eigenvalue weighted by Crippen LogP contribution is -2.46. The Balaban J connectivity index is 1.63. The number of carbonyl (C=O) groups is 2. The van der Waals surface area contributed by atoms with Crippen molar-refractivity contribution < 1.29 is 9.59 Å². The molecule has 0 radical (unpaired) electrons. The number of nitrogens with zero attached hydrogens (tertiary/aromatic N) is 1. The normalized spacial score (nSPS) is 18.8. The van der Waals surface area contributed by atoms with Crippen LogP contribution < -0.4 is 10.2 Å². The number of amides is 3. The van der Waals surface area contributed by atoms with Gasteiger partial charge in [0.25, 0.3) is 5.91 Å². The van der Waals surface area contributed by atoms with Gasteiger partial charge in [-0.3, -0.25) is 4.79 Å². The van der Waals surface area contributed by atoms with Gasteiger partial charge in [0, 0.05) is 16.5 Å². The molecule has 0 aliphatic carbocycles. The van der Waals surface area contributed by atoms with E-state index in [-0.39, 0.29) is 5.91 Å². The predicted octanol–water partition coefficient (Wildman–Crippen LogP) is 5.72. The molecule has 0 spiro atoms. The average Bonchev–Trinajstić information content (AvgIpc) is 2.90. The van der Waals surface area contributed by atoms with Gasteiger partial charge in [0.15, 0.2) is 0 Å². The van der Waals surface area contributed by atoms with Gasteiger partial charge in [-0.25, -0.2) is 9.69 Å². The van der Waals surface area contributed by atoms with E-state index in [0.29, 0.717) is 22.2 Å². The van der Waals surface area contributed by atoms with Crippen LogP contribution >= 0.6 is 23.2 Å². The Morgan fingerprint density at radius 1 is 0.862 bits per heavy atom. The van der Waals surface area contributed by atoms with Crippen LogP contribution in [0.3, 0.4) is 0 Å². The molecule has 0 saturated carbocycles. The summed E-state index contributed by atoms with van der Waals surface area (Å²) in [6.07, 6.45) is 0.364. The number of hydrogen-bond acceptors (Lipinski definition) is 2. The largest absolute Gasteiger partial charge is 0.329 e. The minimum atomic E-state index is -1.07. The summed E-state index contributed by atoms with van der Waals surface area (Å²) in [4.78, 5) is 26.9. The molecule has 3 aromatic carbocycles. The average molecular weight is 425 g/mol. The minimum absolute atomic E-state index is 0.342. The fourth-order valence-corrected chi connectivity index (χ4v) is 4.12. The molecule has 1 N–H and O–H groups in total. The molecule has 1 heterocycles. The quantitative estimate of drug-likeness (QED) is 0.544. The van der Waals surface area contributed by atoms with Crippen molar-refractivity contribution in [1.29, 1.82) is 0 Å². The smallest absolute Gasteiger partial charge is 0.323 e. The van der Waals surface area contributed by atoms with E-state index in [1.807, 2.05) is 54.6 Å². The first-order chi connectivity index (χ1) is 13.9. The molecule has 0 bridgehead atoms. The first-order valence-corrected chi connectivity index (χ1v) is 9.88. The van der Waals surface area contributed by atoms with Gasteiger partial charge in [0.05, 0.1) is 5.69 Å². The Hall–Kier alpha value is -2.82. The van der Waals surface area contributed by atoms with Crippen LogP contribution in [0.5, 0.6) is 0 Å². The van der Waals surface area contributed by atoms with Gasteiger partial charge < -0.3 is 5.32 Å². The van der Waals surface area contributed by atoms with E-state index in [2.05, 4.69) is 5.32 Å². The van der Waals surface area contributed by atoms with Gasteiger partial charge in [-0.2, -0.15) is 0 Å². The van der Waals surface area contributed by atoms with Crippen LogP contribution in [0.2, 0.25) is 10.0 Å². The van der Waals surface area contributed by atoms with Gasteiger partial charge in [-0.1, -0.05) is 77.8 Å². The topological polar surface area (TPSA) is 49.4 Å². The highest BCUT2D eigenvalue weighted by molar-refractivity contribution is 6.35. The number of nitrogens with one attached hydrogen (secondary N) is 1. The lowest BCUT2D eigenvalue weighted by atomic mass is 9.91. The second-order valence-electron chi connectivity index (χ2n) is 7.27. The van der Waals surface area contributed by atoms with Crippen LogP contribution in [0.4, 0.5) is 10.5 Å². The third-order valence-corrected chi connectivity index (χ3v) is 5.39. The maximum atomic E-state index is 13.2. The van der Waals surface area contributed by atoms with Crippen molar-refractivity contribution in [1.82, 2.24) is 5.32 Å². The van der Waals surface area contributed by atoms with E-state index in [1.165, 1.54) is 0 Å². The summed E-state index contributed by atoms with van der Waals surface area (Å²) < 4.78 is 0. The summed E-state index contributed by atoms with van der Waals surface area (Å²) in [5.41, 5.74) is 2.39. The van der Waals surface area contributed by atoms with Crippen molar-refractivity contribution in [3.8, 4) is 11.1 Å². The number of hydrogen-bond donors (Lipinski definition) is 1. The van der Waals surface area contributed by atoms with Crippen LogP contribution in [0.1, 0.15) is 12.5 Å². The molecule has 29 heavy (non-hydrogen) atoms. The lowest BCUT2D eigenvalue weighted by Gasteiger charge is -2.22. The Labute approximate surface area is 179 Å². The second-order valence-corrected chi connectivity index (χ2v) is 8.15. The van der Waals surface area contributed by atoms with Crippen LogP contribution in [0.15, 0.2) is 72.8 Å². The highest BCUT2D eigenvalue weighted by atomic mass is 35.5. The van der Waals surface area contributed by atoms with E-state index >= 15 is 0 Å². The van der Waals surface area contributed by atoms with Gasteiger partial charge in [-0.05, 0) is 41.8 Å². The fraction of sp³-hybridized carbons (Fsp3) is 0.130. The van der Waals surface area contributed by atoms with Crippen molar-refractivity contribution in [3.63, 3.8) is 0 Å². The standard InChI is InChI=1S/C23H18Cl2N2O2/c1-23(14-15-6-5-9-17(10-15)16-7-3-2-4-8-16)21(28)27(22(29)26-23)20-12-18(24)11-19(25)13-20/h2-13H,14H2,1H3,(H,26,29)/t23-/m1/s1. The summed E-state index contributed by atoms with van der Waals surface area (Å²) in [5, 5.41) is 3.54. The summed E-state index contributed by atoms with van der Waals surface area (Å²) in [6, 6.07) is 22.1. The van der Waals surface area contributed by atoms with E-state index in [4.69, 9.17) is 23.2 Å². The van der Waals surface area contributed by atoms with E-state index in [1.54, 1.807) is 25.1 Å². The maximum absolute atomic E-state index is 13.2. The third-order valence-electron chi connectivity index (χ3n) is 4.96. The summed E-state index contributed by atoms with van der Waals surface area (Å²) in [5.74, 6) is -0.342. The molecule has 4 rings (SSSR count). The molecule has 6 heteroatoms. The number of imide groups is 1. The molecule has 1 atom stereocenters. The van der Waals surface area contributed by atoms with Crippen LogP contribution in [0.25, 0.3) is 11.1 Å². The molecule has 3 amide bonds. The highest BCUT2D eigenvalue weighted by Gasteiger charge is 2.48. The molecule has 4 nitrogen and oxygen atoms in total. The molecule has 1 aliphatic heterocycles. The van der Waals surface area contributed by atoms with E-state index in [0.717, 1.165) is 21.6 Å². The van der Waals surface area contributed by atoms with E-state index in [9.17, 15) is 9.59 Å². The molecule has 3 aromatic rings. The first-order valence-electron chi connectivity index (χ1n) is 9.13. The molecular weight excluding hydrogens is 407 g/mol. The molecule has 0 aromatic heterocycles. The number of carbonyl (C=O) groups excluding carboxylic acids is 2. The van der Waals surface area contributed by atoms with Gasteiger partial charge in [0.1, 0.15) is 5.54 Å². The van der Waals surface area contributed by atoms with Crippen molar-refractivity contribution in [2.45, 2.75) is 18.9 Å². The highest BCUT2D eigenvalue weighted by Crippen LogP contribution is 2.32. The number of benzene rings is 3.